The molecule has 0 spiro atoms. The lowest BCUT2D eigenvalue weighted by molar-refractivity contribution is -0.137. The summed E-state index contributed by atoms with van der Waals surface area (Å²) in [6.45, 7) is 1.84. The molecule has 0 aromatic heterocycles. The number of carbonyl (C=O) groups excluding carboxylic acids is 1. The van der Waals surface area contributed by atoms with E-state index >= 15 is 0 Å². The van der Waals surface area contributed by atoms with E-state index in [4.69, 9.17) is 10.3 Å². The molecule has 0 aliphatic carbocycles. The van der Waals surface area contributed by atoms with E-state index < -0.39 is 26.6 Å². The van der Waals surface area contributed by atoms with Crippen molar-refractivity contribution in [3.05, 3.63) is 29.8 Å². The van der Waals surface area contributed by atoms with Crippen molar-refractivity contribution in [3.63, 3.8) is 0 Å². The number of hydrogen-bond donors (Lipinski definition) is 2. The summed E-state index contributed by atoms with van der Waals surface area (Å²) in [5.41, 5.74) is -4.61. The Bertz CT molecular complexity index is 654. The van der Waals surface area contributed by atoms with Gasteiger partial charge in [0.15, 0.2) is 3.23 Å². The molecule has 5 nitrogen and oxygen atoms in total. The summed E-state index contributed by atoms with van der Waals surface area (Å²) in [7, 11) is 0. The molecule has 0 bridgehead atoms. The molecule has 0 fully saturated rings. The van der Waals surface area contributed by atoms with Gasteiger partial charge in [-0.05, 0) is 30.7 Å². The molecule has 0 unspecified atom stereocenters. The number of benzene rings is 1. The molecule has 0 atom stereocenters. The first-order valence-electron chi connectivity index (χ1n) is 6.70. The van der Waals surface area contributed by atoms with Gasteiger partial charge in [0.1, 0.15) is 0 Å². The van der Waals surface area contributed by atoms with Crippen LogP contribution in [-0.2, 0) is 15.5 Å². The van der Waals surface area contributed by atoms with Gasteiger partial charge in [0.05, 0.1) is 11.3 Å². The van der Waals surface area contributed by atoms with Crippen molar-refractivity contribution in [2.75, 3.05) is 4.67 Å². The maximum absolute atomic E-state index is 12.9. The summed E-state index contributed by atoms with van der Waals surface area (Å²) in [5.74, 6) is -0.673. The maximum Gasteiger partial charge on any atom is 0.416 e. The standard InChI is InChI=1S/C12H15Br2F3N3O2PS2/c1-2-7-11(13,14)10(21)20(23(22,24-18)25-19)9-5-3-8(4-6-9)12(15,16)17/h3-6H,2,7,18-19H2,1H3. The SMILES string of the molecule is CCCC(Br)(Br)C(=O)N(c1ccc(C(F)(F)F)cc1)P(=O)(SN)SN. The van der Waals surface area contributed by atoms with E-state index in [1.165, 1.54) is 0 Å². The Kier molecular flexibility index (Phi) is 8.39. The highest BCUT2D eigenvalue weighted by Gasteiger charge is 2.45. The van der Waals surface area contributed by atoms with Crippen molar-refractivity contribution < 1.29 is 22.5 Å². The number of halogens is 5. The number of nitrogens with two attached hydrogens (primary N) is 2. The van der Waals surface area contributed by atoms with E-state index in [1.54, 1.807) is 0 Å². The van der Waals surface area contributed by atoms with Crippen molar-refractivity contribution in [2.24, 2.45) is 10.3 Å². The average molecular weight is 545 g/mol. The predicted octanol–water partition coefficient (Wildman–Crippen LogP) is 5.65. The summed E-state index contributed by atoms with van der Waals surface area (Å²) in [4.78, 5) is 12.9. The van der Waals surface area contributed by atoms with Gasteiger partial charge in [-0.25, -0.2) is 4.67 Å². The van der Waals surface area contributed by atoms with Crippen LogP contribution in [0.25, 0.3) is 0 Å². The van der Waals surface area contributed by atoms with E-state index in [2.05, 4.69) is 31.9 Å². The summed E-state index contributed by atoms with van der Waals surface area (Å²) in [5, 5.41) is 10.9. The second kappa shape index (κ2) is 8.99. The highest BCUT2D eigenvalue weighted by molar-refractivity contribution is 9.26. The lowest BCUT2D eigenvalue weighted by Crippen LogP contribution is -2.39. The molecule has 0 radical (unpaired) electrons. The van der Waals surface area contributed by atoms with Crippen LogP contribution in [-0.4, -0.2) is 9.14 Å². The number of nitrogens with zero attached hydrogens (tertiary/aromatic N) is 1. The van der Waals surface area contributed by atoms with Gasteiger partial charge in [0.2, 0.25) is 0 Å². The minimum absolute atomic E-state index is 0.00314. The fourth-order valence-electron chi connectivity index (χ4n) is 1.86. The zero-order chi connectivity index (χ0) is 19.5. The molecule has 4 N–H and O–H groups in total. The molecule has 0 heterocycles. The van der Waals surface area contributed by atoms with Crippen LogP contribution in [0.1, 0.15) is 25.3 Å². The number of alkyl halides is 5. The van der Waals surface area contributed by atoms with Crippen molar-refractivity contribution in [1.82, 2.24) is 0 Å². The van der Waals surface area contributed by atoms with Crippen LogP contribution in [0, 0.1) is 0 Å². The van der Waals surface area contributed by atoms with Crippen LogP contribution in [0.3, 0.4) is 0 Å². The smallest absolute Gasteiger partial charge is 0.273 e. The minimum atomic E-state index is -4.53. The van der Waals surface area contributed by atoms with Crippen molar-refractivity contribution in [2.45, 2.75) is 29.2 Å². The quantitative estimate of drug-likeness (QED) is 0.262. The van der Waals surface area contributed by atoms with E-state index in [0.29, 0.717) is 36.0 Å². The summed E-state index contributed by atoms with van der Waals surface area (Å²) in [6.07, 6.45) is -3.58. The molecular weight excluding hydrogens is 530 g/mol. The number of amides is 1. The first-order valence-corrected chi connectivity index (χ1v) is 12.9. The monoisotopic (exact) mass is 543 g/mol. The molecule has 1 rings (SSSR count). The van der Waals surface area contributed by atoms with Gasteiger partial charge in [-0.15, -0.1) is 0 Å². The van der Waals surface area contributed by atoms with Gasteiger partial charge >= 0.3 is 11.9 Å². The Hall–Kier alpha value is 0.290. The second-order valence-electron chi connectivity index (χ2n) is 4.80. The number of hydrogen-bond acceptors (Lipinski definition) is 6. The molecule has 0 aliphatic rings. The third-order valence-electron chi connectivity index (χ3n) is 3.02. The first-order chi connectivity index (χ1) is 11.4. The molecule has 1 aromatic carbocycles. The third-order valence-corrected chi connectivity index (χ3v) is 10.1. The Morgan fingerprint density at radius 1 is 1.20 bits per heavy atom. The molecule has 0 saturated heterocycles. The van der Waals surface area contributed by atoms with Gasteiger partial charge in [0, 0.05) is 23.1 Å². The van der Waals surface area contributed by atoms with Crippen LogP contribution in [0.15, 0.2) is 24.3 Å². The fraction of sp³-hybridized carbons (Fsp3) is 0.417. The number of rotatable bonds is 7. The van der Waals surface area contributed by atoms with E-state index in [9.17, 15) is 22.5 Å². The fourth-order valence-corrected chi connectivity index (χ4v) is 6.50. The summed E-state index contributed by atoms with van der Waals surface area (Å²) in [6, 6.07) is 3.71. The Morgan fingerprint density at radius 2 is 1.68 bits per heavy atom. The van der Waals surface area contributed by atoms with Crippen LogP contribution in [0.2, 0.25) is 0 Å². The lowest BCUT2D eigenvalue weighted by Gasteiger charge is -2.33. The summed E-state index contributed by atoms with van der Waals surface area (Å²) < 4.78 is 50.7. The number of anilines is 1. The maximum atomic E-state index is 12.9. The zero-order valence-electron chi connectivity index (χ0n) is 12.8. The number of carbonyl (C=O) groups is 1. The predicted molar refractivity (Wildman–Crippen MR) is 106 cm³/mol. The third kappa shape index (κ3) is 5.63. The van der Waals surface area contributed by atoms with Crippen molar-refractivity contribution in [3.8, 4) is 0 Å². The normalized spacial score (nSPS) is 13.0. The highest BCUT2D eigenvalue weighted by atomic mass is 79.9. The Labute approximate surface area is 168 Å². The van der Waals surface area contributed by atoms with Crippen LogP contribution < -0.4 is 14.9 Å². The largest absolute Gasteiger partial charge is 0.416 e. The molecule has 1 amide bonds. The van der Waals surface area contributed by atoms with Gasteiger partial charge in [-0.2, -0.15) is 13.2 Å². The van der Waals surface area contributed by atoms with Crippen LogP contribution >= 0.6 is 60.7 Å². The van der Waals surface area contributed by atoms with Crippen LogP contribution in [0.5, 0.6) is 0 Å². The highest BCUT2D eigenvalue weighted by Crippen LogP contribution is 2.68. The average Bonchev–Trinajstić information content (AvgIpc) is 2.54. The van der Waals surface area contributed by atoms with Gasteiger partial charge < -0.3 is 0 Å². The van der Waals surface area contributed by atoms with E-state index in [-0.39, 0.29) is 5.69 Å². The second-order valence-corrected chi connectivity index (χ2v) is 15.3. The van der Waals surface area contributed by atoms with E-state index in [0.717, 1.165) is 28.9 Å². The van der Waals surface area contributed by atoms with Gasteiger partial charge in [-0.1, -0.05) is 45.2 Å². The van der Waals surface area contributed by atoms with Gasteiger partial charge in [0.25, 0.3) is 5.91 Å². The molecular formula is C12H15Br2F3N3O2PS2. The Morgan fingerprint density at radius 3 is 2.04 bits per heavy atom. The molecule has 13 heteroatoms. The van der Waals surface area contributed by atoms with Crippen molar-refractivity contribution >= 4 is 72.3 Å². The van der Waals surface area contributed by atoms with Crippen LogP contribution in [0.4, 0.5) is 18.9 Å². The zero-order valence-corrected chi connectivity index (χ0v) is 18.5. The molecule has 25 heavy (non-hydrogen) atoms. The molecule has 142 valence electrons. The Balaban J connectivity index is 3.43. The molecule has 1 aromatic rings. The van der Waals surface area contributed by atoms with Gasteiger partial charge in [-0.3, -0.25) is 19.6 Å². The topological polar surface area (TPSA) is 89.4 Å². The molecule has 0 aliphatic heterocycles. The molecule has 0 saturated carbocycles. The summed E-state index contributed by atoms with van der Waals surface area (Å²) >= 11 is 7.22. The first kappa shape index (κ1) is 23.3. The van der Waals surface area contributed by atoms with Crippen molar-refractivity contribution in [1.29, 1.82) is 0 Å². The lowest BCUT2D eigenvalue weighted by atomic mass is 10.2. The van der Waals surface area contributed by atoms with E-state index in [1.807, 2.05) is 6.92 Å². The minimum Gasteiger partial charge on any atom is -0.273 e.